The number of rotatable bonds is 31. The molecule has 0 aliphatic carbocycles. The molecule has 36 heavy (non-hydrogen) atoms. The molecule has 0 aromatic carbocycles. The molecular weight excluding hydrogens is 432 g/mol. The van der Waals surface area contributed by atoms with E-state index in [0.29, 0.717) is 0 Å². The molecule has 0 aliphatic rings. The van der Waals surface area contributed by atoms with E-state index in [4.69, 9.17) is 0 Å². The Kier molecular flexibility index (Phi) is 30.7. The maximum Gasteiger partial charge on any atom is -0.0353 e. The minimum Gasteiger partial charge on any atom is -0.103 e. The van der Waals surface area contributed by atoms with Crippen LogP contribution in [0.3, 0.4) is 0 Å². The zero-order chi connectivity index (χ0) is 26.4. The third kappa shape index (κ3) is 25.4. The van der Waals surface area contributed by atoms with Gasteiger partial charge in [-0.2, -0.15) is 0 Å². The van der Waals surface area contributed by atoms with Crippen molar-refractivity contribution in [1.29, 1.82) is 0 Å². The van der Waals surface area contributed by atoms with Gasteiger partial charge in [0.15, 0.2) is 0 Å². The lowest BCUT2D eigenvalue weighted by Gasteiger charge is -2.28. The lowest BCUT2D eigenvalue weighted by Crippen LogP contribution is -2.16. The first-order valence-electron chi connectivity index (χ1n) is 17.4. The number of hydrogen-bond acceptors (Lipinski definition) is 0. The fourth-order valence-electron chi connectivity index (χ4n) is 6.19. The molecule has 0 radical (unpaired) electrons. The summed E-state index contributed by atoms with van der Waals surface area (Å²) in [5, 5.41) is 0. The number of unbranched alkanes of at least 4 members (excludes halogenated alkanes) is 21. The Morgan fingerprint density at radius 3 is 0.889 bits per heavy atom. The van der Waals surface area contributed by atoms with Crippen LogP contribution in [-0.2, 0) is 0 Å². The smallest absolute Gasteiger partial charge is 0.0353 e. The molecule has 0 heteroatoms. The van der Waals surface area contributed by atoms with Gasteiger partial charge in [0.1, 0.15) is 0 Å². The number of hydrogen-bond donors (Lipinski definition) is 0. The van der Waals surface area contributed by atoms with E-state index in [1.54, 1.807) is 0 Å². The molecule has 216 valence electrons. The van der Waals surface area contributed by atoms with Gasteiger partial charge in [-0.3, -0.25) is 0 Å². The standard InChI is InChI=1S/C36H72/c1-5-9-13-17-21-25-29-33-35(31-27-23-19-15-11-7-3)36(32-28-24-20-16-12-8-4)34-30-26-22-18-14-10-6-2/h5,35-36H,1,6-34H2,2-4H3. The molecule has 0 aromatic heterocycles. The van der Waals surface area contributed by atoms with E-state index in [9.17, 15) is 0 Å². The zero-order valence-electron chi connectivity index (χ0n) is 25.9. The van der Waals surface area contributed by atoms with Crippen LogP contribution in [-0.4, -0.2) is 0 Å². The average Bonchev–Trinajstić information content (AvgIpc) is 2.89. The van der Waals surface area contributed by atoms with Crippen LogP contribution in [0, 0.1) is 11.8 Å². The largest absolute Gasteiger partial charge is 0.103 e. The molecule has 0 nitrogen and oxygen atoms in total. The van der Waals surface area contributed by atoms with Gasteiger partial charge in [0.25, 0.3) is 0 Å². The summed E-state index contributed by atoms with van der Waals surface area (Å²) in [4.78, 5) is 0. The summed E-state index contributed by atoms with van der Waals surface area (Å²) >= 11 is 0. The highest BCUT2D eigenvalue weighted by molar-refractivity contribution is 4.73. The normalized spacial score (nSPS) is 13.2. The molecule has 0 heterocycles. The summed E-state index contributed by atoms with van der Waals surface area (Å²) < 4.78 is 0. The molecule has 0 amide bonds. The second kappa shape index (κ2) is 31.0. The Bertz CT molecular complexity index is 397. The van der Waals surface area contributed by atoms with E-state index >= 15 is 0 Å². The first kappa shape index (κ1) is 35.7. The topological polar surface area (TPSA) is 0 Å². The van der Waals surface area contributed by atoms with Crippen molar-refractivity contribution in [3.05, 3.63) is 12.7 Å². The van der Waals surface area contributed by atoms with Crippen molar-refractivity contribution in [3.8, 4) is 0 Å². The van der Waals surface area contributed by atoms with Crippen molar-refractivity contribution < 1.29 is 0 Å². The lowest BCUT2D eigenvalue weighted by atomic mass is 9.78. The Morgan fingerprint density at radius 2 is 0.611 bits per heavy atom. The van der Waals surface area contributed by atoms with Crippen LogP contribution in [0.15, 0.2) is 12.7 Å². The van der Waals surface area contributed by atoms with E-state index < -0.39 is 0 Å². The zero-order valence-corrected chi connectivity index (χ0v) is 25.9. The monoisotopic (exact) mass is 505 g/mol. The SMILES string of the molecule is C=CCCCCCCCC(CCCCCCCC)C(CCCCCCCC)CCCCCCCCC. The third-order valence-corrected chi connectivity index (χ3v) is 8.69. The summed E-state index contributed by atoms with van der Waals surface area (Å²) in [5.41, 5.74) is 0. The van der Waals surface area contributed by atoms with Crippen molar-refractivity contribution in [2.45, 2.75) is 207 Å². The van der Waals surface area contributed by atoms with Gasteiger partial charge in [0, 0.05) is 0 Å². The maximum absolute atomic E-state index is 3.88. The summed E-state index contributed by atoms with van der Waals surface area (Å²) in [7, 11) is 0. The van der Waals surface area contributed by atoms with Gasteiger partial charge < -0.3 is 0 Å². The number of allylic oxidation sites excluding steroid dienone is 1. The van der Waals surface area contributed by atoms with Gasteiger partial charge in [-0.1, -0.05) is 200 Å². The average molecular weight is 505 g/mol. The molecule has 0 aliphatic heterocycles. The fourth-order valence-corrected chi connectivity index (χ4v) is 6.19. The Labute approximate surface area is 231 Å². The van der Waals surface area contributed by atoms with Crippen molar-refractivity contribution in [3.63, 3.8) is 0 Å². The van der Waals surface area contributed by atoms with E-state index in [-0.39, 0.29) is 0 Å². The summed E-state index contributed by atoms with van der Waals surface area (Å²) in [6.45, 7) is 10.9. The van der Waals surface area contributed by atoms with E-state index in [1.807, 2.05) is 0 Å². The van der Waals surface area contributed by atoms with E-state index in [0.717, 1.165) is 11.8 Å². The predicted molar refractivity (Wildman–Crippen MR) is 168 cm³/mol. The van der Waals surface area contributed by atoms with E-state index in [2.05, 4.69) is 33.4 Å². The van der Waals surface area contributed by atoms with E-state index in [1.165, 1.54) is 186 Å². The third-order valence-electron chi connectivity index (χ3n) is 8.69. The Hall–Kier alpha value is -0.260. The molecule has 0 spiro atoms. The van der Waals surface area contributed by atoms with Gasteiger partial charge in [-0.25, -0.2) is 0 Å². The molecule has 2 atom stereocenters. The van der Waals surface area contributed by atoms with Crippen LogP contribution in [0.4, 0.5) is 0 Å². The van der Waals surface area contributed by atoms with Crippen LogP contribution in [0.1, 0.15) is 207 Å². The minimum atomic E-state index is 1.01. The molecular formula is C36H72. The molecule has 0 fully saturated rings. The van der Waals surface area contributed by atoms with Crippen LogP contribution in [0.5, 0.6) is 0 Å². The molecule has 0 rings (SSSR count). The van der Waals surface area contributed by atoms with Gasteiger partial charge in [0.2, 0.25) is 0 Å². The first-order chi connectivity index (χ1) is 17.8. The molecule has 0 bridgehead atoms. The molecule has 0 N–H and O–H groups in total. The van der Waals surface area contributed by atoms with Crippen LogP contribution in [0.25, 0.3) is 0 Å². The second-order valence-electron chi connectivity index (χ2n) is 12.2. The van der Waals surface area contributed by atoms with Crippen LogP contribution < -0.4 is 0 Å². The minimum absolute atomic E-state index is 1.01. The molecule has 0 aromatic rings. The van der Waals surface area contributed by atoms with Gasteiger partial charge in [0.05, 0.1) is 0 Å². The molecule has 0 saturated carbocycles. The summed E-state index contributed by atoms with van der Waals surface area (Å²) in [6, 6.07) is 0. The van der Waals surface area contributed by atoms with Crippen molar-refractivity contribution in [2.75, 3.05) is 0 Å². The van der Waals surface area contributed by atoms with Gasteiger partial charge >= 0.3 is 0 Å². The summed E-state index contributed by atoms with van der Waals surface area (Å²) in [5.74, 6) is 2.03. The highest BCUT2D eigenvalue weighted by atomic mass is 14.3. The van der Waals surface area contributed by atoms with Gasteiger partial charge in [-0.15, -0.1) is 6.58 Å². The predicted octanol–water partition coefficient (Wildman–Crippen LogP) is 13.8. The Balaban J connectivity index is 4.69. The van der Waals surface area contributed by atoms with Gasteiger partial charge in [-0.05, 0) is 24.7 Å². The Morgan fingerprint density at radius 1 is 0.361 bits per heavy atom. The quantitative estimate of drug-likeness (QED) is 0.0650. The summed E-state index contributed by atoms with van der Waals surface area (Å²) in [6.07, 6.45) is 44.2. The van der Waals surface area contributed by atoms with Crippen molar-refractivity contribution in [2.24, 2.45) is 11.8 Å². The lowest BCUT2D eigenvalue weighted by molar-refractivity contribution is 0.236. The molecule has 2 unspecified atom stereocenters. The first-order valence-corrected chi connectivity index (χ1v) is 17.4. The van der Waals surface area contributed by atoms with Crippen LogP contribution in [0.2, 0.25) is 0 Å². The highest BCUT2D eigenvalue weighted by Crippen LogP contribution is 2.33. The fraction of sp³-hybridized carbons (Fsp3) is 0.944. The van der Waals surface area contributed by atoms with Crippen molar-refractivity contribution >= 4 is 0 Å². The second-order valence-corrected chi connectivity index (χ2v) is 12.2. The van der Waals surface area contributed by atoms with Crippen LogP contribution >= 0.6 is 0 Å². The highest BCUT2D eigenvalue weighted by Gasteiger charge is 2.20. The molecule has 0 saturated heterocycles. The van der Waals surface area contributed by atoms with Crippen molar-refractivity contribution in [1.82, 2.24) is 0 Å². The maximum atomic E-state index is 3.88.